The van der Waals surface area contributed by atoms with Crippen molar-refractivity contribution in [3.63, 3.8) is 0 Å². The summed E-state index contributed by atoms with van der Waals surface area (Å²) in [6.07, 6.45) is 0. The Hall–Kier alpha value is -8.48. The van der Waals surface area contributed by atoms with Crippen molar-refractivity contribution < 1.29 is 0 Å². The van der Waals surface area contributed by atoms with Crippen LogP contribution in [0.4, 0.5) is 0 Å². The Labute approximate surface area is 353 Å². The van der Waals surface area contributed by atoms with Crippen LogP contribution in [-0.4, -0.2) is 27.5 Å². The van der Waals surface area contributed by atoms with Crippen LogP contribution < -0.4 is 5.22 Å². The lowest BCUT2D eigenvalue weighted by Crippen LogP contribution is -2.15. The maximum Gasteiger partial charge on any atom is 0.0965 e. The second kappa shape index (κ2) is 12.3. The van der Waals surface area contributed by atoms with Crippen molar-refractivity contribution in [3.8, 4) is 17.1 Å². The fraction of sp³-hybridized carbons (Fsp3) is 0. The zero-order valence-corrected chi connectivity index (χ0v) is 33.5. The predicted molar refractivity (Wildman–Crippen MR) is 259 cm³/mol. The number of benzene rings is 9. The molecule has 9 aromatic carbocycles. The highest BCUT2D eigenvalue weighted by Crippen LogP contribution is 2.42. The summed E-state index contributed by atoms with van der Waals surface area (Å²) in [5.74, 6) is 0. The molecule has 0 bridgehead atoms. The van der Waals surface area contributed by atoms with Crippen LogP contribution in [0.15, 0.2) is 200 Å². The Bertz CT molecular complexity index is 4230. The van der Waals surface area contributed by atoms with Crippen LogP contribution in [0.5, 0.6) is 0 Å². The first kappa shape index (κ1) is 33.4. The fourth-order valence-electron chi connectivity index (χ4n) is 10.6. The van der Waals surface area contributed by atoms with E-state index in [2.05, 4.69) is 228 Å². The normalized spacial score (nSPS) is 12.3. The Morgan fingerprint density at radius 3 is 1.42 bits per heavy atom. The topological polar surface area (TPSA) is 39.4 Å². The van der Waals surface area contributed by atoms with Gasteiger partial charge in [0.15, 0.2) is 0 Å². The number of pyridine rings is 1. The van der Waals surface area contributed by atoms with Crippen LogP contribution in [-0.2, 0) is 0 Å². The van der Waals surface area contributed by atoms with Crippen molar-refractivity contribution in [1.29, 1.82) is 0 Å². The van der Waals surface area contributed by atoms with E-state index in [9.17, 15) is 0 Å². The molecule has 0 aliphatic heterocycles. The predicted octanol–water partition coefficient (Wildman–Crippen LogP) is 13.4. The number of fused-ring (bicyclic) bond motifs is 12. The molecule has 14 rings (SSSR count). The van der Waals surface area contributed by atoms with Crippen molar-refractivity contribution in [3.05, 3.63) is 205 Å². The Morgan fingerprint density at radius 2 is 0.774 bits per heavy atom. The van der Waals surface area contributed by atoms with Crippen LogP contribution in [0.3, 0.4) is 0 Å². The maximum absolute atomic E-state index is 4.83. The van der Waals surface area contributed by atoms with Crippen LogP contribution in [0.1, 0.15) is 0 Å². The number of nitrogens with zero attached hydrogens (tertiary/aromatic N) is 5. The number of aromatic nitrogens is 6. The molecule has 0 radical (unpaired) electrons. The average Bonchev–Trinajstić information content (AvgIpc) is 3.67. The van der Waals surface area contributed by atoms with Crippen LogP contribution in [0.25, 0.3) is 122 Å². The van der Waals surface area contributed by atoms with Crippen LogP contribution >= 0.6 is 0 Å². The molecule has 0 fully saturated rings. The van der Waals surface area contributed by atoms with Gasteiger partial charge in [-0.15, -0.1) is 0 Å². The van der Waals surface area contributed by atoms with Gasteiger partial charge in [0.2, 0.25) is 0 Å². The molecule has 6 nitrogen and oxygen atoms in total. The van der Waals surface area contributed by atoms with Gasteiger partial charge in [-0.25, -0.2) is 0 Å². The highest BCUT2D eigenvalue weighted by atomic mass is 15.1. The quantitative estimate of drug-likeness (QED) is 0.137. The van der Waals surface area contributed by atoms with Gasteiger partial charge in [-0.3, -0.25) is 0 Å². The van der Waals surface area contributed by atoms with Gasteiger partial charge in [-0.1, -0.05) is 122 Å². The van der Waals surface area contributed by atoms with Gasteiger partial charge in [-0.05, 0) is 90.1 Å². The molecular weight excluding hydrogens is 757 g/mol. The molecule has 0 spiro atoms. The van der Waals surface area contributed by atoms with E-state index in [-0.39, 0.29) is 0 Å². The minimum absolute atomic E-state index is 1.00. The monoisotopic (exact) mass is 792 g/mol. The largest absolute Gasteiger partial charge is 0.350 e. The summed E-state index contributed by atoms with van der Waals surface area (Å²) in [4.78, 5) is 4.05. The lowest BCUT2D eigenvalue weighted by atomic mass is 10.0. The molecule has 0 aliphatic carbocycles. The number of rotatable bonds is 3. The first-order chi connectivity index (χ1) is 30.7. The third-order valence-corrected chi connectivity index (χ3v) is 13.1. The third-order valence-electron chi connectivity index (χ3n) is 13.1. The van der Waals surface area contributed by atoms with Gasteiger partial charge < -0.3 is 27.5 Å². The number of para-hydroxylation sites is 9. The van der Waals surface area contributed by atoms with Crippen molar-refractivity contribution in [2.24, 2.45) is 0 Å². The number of H-pyrrole nitrogens is 1. The van der Waals surface area contributed by atoms with E-state index in [0.29, 0.717) is 0 Å². The molecule has 62 heavy (non-hydrogen) atoms. The summed E-state index contributed by atoms with van der Waals surface area (Å²) >= 11 is 0. The van der Waals surface area contributed by atoms with Crippen LogP contribution in [0.2, 0.25) is 0 Å². The maximum atomic E-state index is 4.83. The second-order valence-corrected chi connectivity index (χ2v) is 16.4. The Kier molecular flexibility index (Phi) is 6.61. The lowest BCUT2D eigenvalue weighted by Gasteiger charge is -2.27. The zero-order valence-electron chi connectivity index (χ0n) is 33.5. The van der Waals surface area contributed by atoms with Crippen molar-refractivity contribution in [2.75, 3.05) is 0 Å². The Balaban J connectivity index is 1.33. The van der Waals surface area contributed by atoms with E-state index in [4.69, 9.17) is 6.58 Å². The summed E-state index contributed by atoms with van der Waals surface area (Å²) < 4.78 is 12.4. The van der Waals surface area contributed by atoms with Crippen molar-refractivity contribution in [1.82, 2.24) is 27.5 Å². The van der Waals surface area contributed by atoms with Crippen molar-refractivity contribution >= 4 is 105 Å². The highest BCUT2D eigenvalue weighted by Gasteiger charge is 2.25. The van der Waals surface area contributed by atoms with Crippen molar-refractivity contribution in [2.45, 2.75) is 0 Å². The van der Waals surface area contributed by atoms with E-state index in [1.807, 2.05) is 0 Å². The molecule has 0 saturated carbocycles. The average molecular weight is 793 g/mol. The fourth-order valence-corrected chi connectivity index (χ4v) is 10.6. The van der Waals surface area contributed by atoms with E-state index in [1.54, 1.807) is 0 Å². The van der Waals surface area contributed by atoms with Gasteiger partial charge >= 0.3 is 0 Å². The molecule has 0 saturated heterocycles. The minimum atomic E-state index is 1.00. The molecule has 1 N–H and O–H groups in total. The molecule has 0 amide bonds. The lowest BCUT2D eigenvalue weighted by molar-refractivity contribution is 1.08. The molecule has 0 unspecified atom stereocenters. The molecular formula is C56H36N6. The highest BCUT2D eigenvalue weighted by molar-refractivity contribution is 6.19. The summed E-state index contributed by atoms with van der Waals surface area (Å²) in [5, 5.41) is 5.69. The Morgan fingerprint density at radius 1 is 0.306 bits per heavy atom. The van der Waals surface area contributed by atoms with Gasteiger partial charge in [0.05, 0.1) is 82.9 Å². The molecule has 14 aromatic rings. The number of nitrogens with one attached hydrogen (secondary N) is 1. The van der Waals surface area contributed by atoms with E-state index >= 15 is 0 Å². The molecule has 5 heterocycles. The van der Waals surface area contributed by atoms with Gasteiger partial charge in [0, 0.05) is 32.9 Å². The number of hydrogen-bond acceptors (Lipinski definition) is 0. The number of hydrogen-bond donors (Lipinski definition) is 1. The summed E-state index contributed by atoms with van der Waals surface area (Å²) in [6.45, 7) is 4.83. The van der Waals surface area contributed by atoms with Crippen LogP contribution in [0, 0.1) is 0 Å². The third kappa shape index (κ3) is 4.32. The van der Waals surface area contributed by atoms with E-state index in [0.717, 1.165) is 99.3 Å². The SMILES string of the molecule is C=c1c2ccccc2n2c3ccccc3[nH]c3c2c1cc1c3n2c3ccccc3n(-c3ccccc3)c3cc(-n4c5ccccc5c5ccccc54)cc(c32)n1-c1ccccc1. The molecule has 0 atom stereocenters. The zero-order chi connectivity index (χ0) is 40.6. The molecule has 290 valence electrons. The number of aromatic amines is 1. The smallest absolute Gasteiger partial charge is 0.0965 e. The molecule has 0 aliphatic rings. The second-order valence-electron chi connectivity index (χ2n) is 16.4. The van der Waals surface area contributed by atoms with Gasteiger partial charge in [0.1, 0.15) is 0 Å². The summed E-state index contributed by atoms with van der Waals surface area (Å²) in [6, 6.07) is 72.6. The summed E-state index contributed by atoms with van der Waals surface area (Å²) in [5.41, 5.74) is 18.6. The first-order valence-corrected chi connectivity index (χ1v) is 21.1. The standard InChI is InChI=1S/C56H36N6/c1-35-39-22-8-12-26-44(39)61-47-29-15-11-25-43(47)57-53-54(61)42(35)34-52-56(53)62-49-31-17-16-30-48(49)58(36-18-4-2-5-19-36)50-32-38(33-51(55(50)62)59(52)37-20-6-3-7-21-37)60-45-27-13-9-23-40(45)41-24-10-14-28-46(41)60/h2-34,57H,1H2. The van der Waals surface area contributed by atoms with E-state index < -0.39 is 0 Å². The minimum Gasteiger partial charge on any atom is -0.350 e. The first-order valence-electron chi connectivity index (χ1n) is 21.1. The summed E-state index contributed by atoms with van der Waals surface area (Å²) in [7, 11) is 0. The van der Waals surface area contributed by atoms with Gasteiger partial charge in [0.25, 0.3) is 0 Å². The molecule has 5 aromatic heterocycles. The van der Waals surface area contributed by atoms with Gasteiger partial charge in [-0.2, -0.15) is 0 Å². The molecule has 6 heteroatoms. The van der Waals surface area contributed by atoms with E-state index in [1.165, 1.54) is 21.8 Å².